The van der Waals surface area contributed by atoms with Gasteiger partial charge in [-0.25, -0.2) is 0 Å². The van der Waals surface area contributed by atoms with Crippen molar-refractivity contribution in [3.63, 3.8) is 0 Å². The van der Waals surface area contributed by atoms with Gasteiger partial charge in [0.25, 0.3) is 0 Å². The van der Waals surface area contributed by atoms with Crippen LogP contribution in [-0.2, 0) is 0 Å². The Kier molecular flexibility index (Phi) is 5.97. The van der Waals surface area contributed by atoms with Crippen molar-refractivity contribution in [3.8, 4) is 0 Å². The van der Waals surface area contributed by atoms with Crippen LogP contribution in [0.15, 0.2) is 35.9 Å². The maximum absolute atomic E-state index is 9.09. The molecule has 0 radical (unpaired) electrons. The van der Waals surface area contributed by atoms with Crippen LogP contribution in [0.2, 0.25) is 0 Å². The lowest BCUT2D eigenvalue weighted by molar-refractivity contribution is 0.150. The summed E-state index contributed by atoms with van der Waals surface area (Å²) in [5, 5.41) is 9.09. The summed E-state index contributed by atoms with van der Waals surface area (Å²) in [6.07, 6.45) is 3.47. The average Bonchev–Trinajstić information content (AvgIpc) is 2.81. The minimum Gasteiger partial charge on any atom is -0.395 e. The fourth-order valence-electron chi connectivity index (χ4n) is 3.32. The number of likely N-dealkylation sites (N-methyl/N-ethyl adjacent to an activating group) is 1. The van der Waals surface area contributed by atoms with Crippen LogP contribution in [0.25, 0.3) is 6.08 Å². The third kappa shape index (κ3) is 4.40. The smallest absolute Gasteiger partial charge is 0.0558 e. The molecule has 21 heavy (non-hydrogen) atoms. The van der Waals surface area contributed by atoms with Crippen molar-refractivity contribution in [2.75, 3.05) is 33.3 Å². The number of aliphatic hydroxyl groups is 1. The van der Waals surface area contributed by atoms with Gasteiger partial charge in [-0.15, -0.1) is 0 Å². The zero-order valence-electron chi connectivity index (χ0n) is 13.5. The summed E-state index contributed by atoms with van der Waals surface area (Å²) in [5.74, 6) is 0. The Bertz CT molecular complexity index is 458. The van der Waals surface area contributed by atoms with Crippen molar-refractivity contribution in [2.24, 2.45) is 0 Å². The molecule has 1 aromatic carbocycles. The van der Waals surface area contributed by atoms with Crippen molar-refractivity contribution in [1.29, 1.82) is 0 Å². The highest BCUT2D eigenvalue weighted by atomic mass is 16.3. The van der Waals surface area contributed by atoms with Crippen molar-refractivity contribution < 1.29 is 5.11 Å². The van der Waals surface area contributed by atoms with Gasteiger partial charge in [0.05, 0.1) is 6.61 Å². The molecule has 0 unspecified atom stereocenters. The summed E-state index contributed by atoms with van der Waals surface area (Å²) in [7, 11) is 2.12. The van der Waals surface area contributed by atoms with E-state index in [1.807, 2.05) is 0 Å². The number of nitrogens with zero attached hydrogens (tertiary/aromatic N) is 2. The van der Waals surface area contributed by atoms with E-state index in [2.05, 4.69) is 67.1 Å². The molecule has 2 rings (SSSR count). The Hall–Kier alpha value is -1.16. The second kappa shape index (κ2) is 7.74. The molecule has 1 heterocycles. The monoisotopic (exact) mass is 288 g/mol. The van der Waals surface area contributed by atoms with Gasteiger partial charge in [0.2, 0.25) is 0 Å². The van der Waals surface area contributed by atoms with Gasteiger partial charge in [0.15, 0.2) is 0 Å². The van der Waals surface area contributed by atoms with Gasteiger partial charge in [0.1, 0.15) is 0 Å². The van der Waals surface area contributed by atoms with Gasteiger partial charge < -0.3 is 5.11 Å². The van der Waals surface area contributed by atoms with Crippen molar-refractivity contribution in [1.82, 2.24) is 9.80 Å². The number of rotatable bonds is 6. The summed E-state index contributed by atoms with van der Waals surface area (Å²) < 4.78 is 0. The van der Waals surface area contributed by atoms with E-state index in [0.717, 1.165) is 19.6 Å². The normalized spacial score (nSPS) is 24.0. The summed E-state index contributed by atoms with van der Waals surface area (Å²) in [5.41, 5.74) is 2.68. The first-order valence-electron chi connectivity index (χ1n) is 7.89. The van der Waals surface area contributed by atoms with Gasteiger partial charge in [-0.3, -0.25) is 9.80 Å². The summed E-state index contributed by atoms with van der Waals surface area (Å²) >= 11 is 0. The predicted molar refractivity (Wildman–Crippen MR) is 89.2 cm³/mol. The maximum Gasteiger partial charge on any atom is 0.0558 e. The van der Waals surface area contributed by atoms with E-state index in [1.54, 1.807) is 0 Å². The molecule has 116 valence electrons. The lowest BCUT2D eigenvalue weighted by atomic mass is 10.1. The highest BCUT2D eigenvalue weighted by Crippen LogP contribution is 2.23. The van der Waals surface area contributed by atoms with Gasteiger partial charge >= 0.3 is 0 Å². The second-order valence-corrected chi connectivity index (χ2v) is 6.17. The van der Waals surface area contributed by atoms with Crippen LogP contribution in [-0.4, -0.2) is 60.3 Å². The van der Waals surface area contributed by atoms with E-state index in [4.69, 9.17) is 5.11 Å². The van der Waals surface area contributed by atoms with Crippen LogP contribution in [0.4, 0.5) is 0 Å². The molecule has 0 aliphatic carbocycles. The molecule has 1 aliphatic rings. The number of hydrogen-bond acceptors (Lipinski definition) is 3. The number of benzene rings is 1. The number of hydrogen-bond donors (Lipinski definition) is 1. The van der Waals surface area contributed by atoms with Crippen LogP contribution in [0.5, 0.6) is 0 Å². The molecule has 1 saturated heterocycles. The molecule has 2 atom stereocenters. The van der Waals surface area contributed by atoms with E-state index in [1.165, 1.54) is 17.6 Å². The number of aliphatic hydroxyl groups excluding tert-OH is 1. The van der Waals surface area contributed by atoms with E-state index in [9.17, 15) is 0 Å². The zero-order valence-corrected chi connectivity index (χ0v) is 13.5. The Balaban J connectivity index is 1.93. The largest absolute Gasteiger partial charge is 0.395 e. The quantitative estimate of drug-likeness (QED) is 0.871. The molecule has 1 aromatic rings. The van der Waals surface area contributed by atoms with Crippen LogP contribution in [0.3, 0.4) is 0 Å². The molecule has 0 bridgehead atoms. The molecular weight excluding hydrogens is 260 g/mol. The third-order valence-electron chi connectivity index (χ3n) is 4.53. The van der Waals surface area contributed by atoms with Crippen LogP contribution < -0.4 is 0 Å². The zero-order chi connectivity index (χ0) is 15.2. The van der Waals surface area contributed by atoms with Gasteiger partial charge in [-0.2, -0.15) is 0 Å². The van der Waals surface area contributed by atoms with Gasteiger partial charge in [-0.05, 0) is 32.9 Å². The standard InChI is InChI=1S/C18H28N2O/c1-15(13-17-7-5-4-6-8-17)14-20-10-9-18(16(20)2)19(3)11-12-21/h4-8,13,16,18,21H,9-12,14H2,1-3H3/b15-13+/t16-,18-/m1/s1. The first kappa shape index (κ1) is 16.2. The van der Waals surface area contributed by atoms with Crippen molar-refractivity contribution in [3.05, 3.63) is 41.5 Å². The van der Waals surface area contributed by atoms with E-state index in [-0.39, 0.29) is 6.61 Å². The predicted octanol–water partition coefficient (Wildman–Crippen LogP) is 2.48. The lowest BCUT2D eigenvalue weighted by Gasteiger charge is -2.30. The topological polar surface area (TPSA) is 26.7 Å². The molecule has 0 saturated carbocycles. The van der Waals surface area contributed by atoms with Crippen LogP contribution in [0, 0.1) is 0 Å². The first-order chi connectivity index (χ1) is 10.1. The SMILES string of the molecule is C/C(=C\c1ccccc1)CN1CC[C@@H](N(C)CCO)[C@H]1C. The van der Waals surface area contributed by atoms with Crippen molar-refractivity contribution in [2.45, 2.75) is 32.4 Å². The molecule has 3 heteroatoms. The third-order valence-corrected chi connectivity index (χ3v) is 4.53. The Morgan fingerprint density at radius 2 is 2.10 bits per heavy atom. The molecular formula is C18H28N2O. The molecule has 3 nitrogen and oxygen atoms in total. The summed E-state index contributed by atoms with van der Waals surface area (Å²) in [6.45, 7) is 7.70. The van der Waals surface area contributed by atoms with E-state index >= 15 is 0 Å². The highest BCUT2D eigenvalue weighted by molar-refractivity contribution is 5.52. The average molecular weight is 288 g/mol. The Labute approximate surface area is 128 Å². The molecule has 0 aromatic heterocycles. The highest BCUT2D eigenvalue weighted by Gasteiger charge is 2.32. The minimum absolute atomic E-state index is 0.243. The fourth-order valence-corrected chi connectivity index (χ4v) is 3.32. The van der Waals surface area contributed by atoms with Crippen LogP contribution >= 0.6 is 0 Å². The second-order valence-electron chi connectivity index (χ2n) is 6.17. The maximum atomic E-state index is 9.09. The van der Waals surface area contributed by atoms with Crippen molar-refractivity contribution >= 4 is 6.08 Å². The van der Waals surface area contributed by atoms with Crippen LogP contribution in [0.1, 0.15) is 25.8 Å². The molecule has 1 aliphatic heterocycles. The van der Waals surface area contributed by atoms with Gasteiger partial charge in [-0.1, -0.05) is 42.0 Å². The summed E-state index contributed by atoms with van der Waals surface area (Å²) in [4.78, 5) is 4.84. The van der Waals surface area contributed by atoms with Gasteiger partial charge in [0, 0.05) is 31.7 Å². The minimum atomic E-state index is 0.243. The lowest BCUT2D eigenvalue weighted by Crippen LogP contribution is -2.43. The molecule has 0 spiro atoms. The van der Waals surface area contributed by atoms with E-state index in [0.29, 0.717) is 12.1 Å². The fraction of sp³-hybridized carbons (Fsp3) is 0.556. The Morgan fingerprint density at radius 3 is 2.76 bits per heavy atom. The molecule has 1 N–H and O–H groups in total. The number of likely N-dealkylation sites (tertiary alicyclic amines) is 1. The molecule has 1 fully saturated rings. The summed E-state index contributed by atoms with van der Waals surface area (Å²) in [6, 6.07) is 11.6. The molecule has 0 amide bonds. The van der Waals surface area contributed by atoms with E-state index < -0.39 is 0 Å². The Morgan fingerprint density at radius 1 is 1.38 bits per heavy atom. The first-order valence-corrected chi connectivity index (χ1v) is 7.89.